The Morgan fingerprint density at radius 1 is 0.521 bits per heavy atom. The van der Waals surface area contributed by atoms with Gasteiger partial charge in [0.25, 0.3) is 11.1 Å². The lowest BCUT2D eigenvalue weighted by Gasteiger charge is -2.33. The highest BCUT2D eigenvalue weighted by atomic mass is 79.9. The molecule has 8 rings (SSSR count). The molecular formula is C53H69Br3N6O11. The van der Waals surface area contributed by atoms with Gasteiger partial charge in [0.1, 0.15) is 16.8 Å². The van der Waals surface area contributed by atoms with Crippen LogP contribution in [0.4, 0.5) is 14.4 Å². The summed E-state index contributed by atoms with van der Waals surface area (Å²) in [7, 11) is 3.53. The van der Waals surface area contributed by atoms with Gasteiger partial charge in [-0.25, -0.2) is 14.4 Å². The van der Waals surface area contributed by atoms with Gasteiger partial charge in [-0.15, -0.1) is 0 Å². The summed E-state index contributed by atoms with van der Waals surface area (Å²) in [4.78, 5) is 101. The first kappa shape index (κ1) is 58.8. The van der Waals surface area contributed by atoms with E-state index in [1.807, 2.05) is 80.5 Å². The number of amides is 4. The van der Waals surface area contributed by atoms with E-state index in [-0.39, 0.29) is 46.9 Å². The van der Waals surface area contributed by atoms with Crippen LogP contribution >= 0.6 is 47.8 Å². The van der Waals surface area contributed by atoms with Gasteiger partial charge in [0.15, 0.2) is 11.6 Å². The van der Waals surface area contributed by atoms with E-state index in [1.54, 1.807) is 61.9 Å². The first-order valence-electron chi connectivity index (χ1n) is 24.3. The molecular weight excluding hydrogens is 1140 g/mol. The summed E-state index contributed by atoms with van der Waals surface area (Å²) in [5.74, 6) is 0.347. The molecule has 0 bridgehead atoms. The monoisotopic (exact) mass is 1200 g/mol. The second-order valence-corrected chi connectivity index (χ2v) is 24.2. The summed E-state index contributed by atoms with van der Waals surface area (Å²) in [5, 5.41) is 0. The minimum atomic E-state index is -0.499. The van der Waals surface area contributed by atoms with Crippen LogP contribution in [-0.2, 0) is 68.6 Å². The maximum absolute atomic E-state index is 12.1. The predicted octanol–water partition coefficient (Wildman–Crippen LogP) is 9.12. The number of hydrogen-bond donors (Lipinski definition) is 0. The Bertz CT molecular complexity index is 2780. The van der Waals surface area contributed by atoms with E-state index >= 15 is 0 Å². The standard InChI is InChI=1S/C14H19BrN2O3.C14H18BrNO3.C14H19NO3.C11H13BrN2O2/c1-14(2,3)20-13(19)17-6-5-11-9(8-17)7-10(15)12(18)16(11)4;1-14(2,3)19-13(18)16-5-4-9-7-12(17)11(15)6-10(9)8-16;1-14(2,3)18-13(17)15-7-6-10-8-12(16)5-4-11(10)9-15;1-7(15)14-4-3-10-8(6-14)5-9(12)11(16)13(10)2/h7H,5-6,8H2,1-4H3;6H,4-5,7-8H2,1-3H3;4-5H,6-9H2,1-3H3;5H,3-4,6H2,1-2H3. The van der Waals surface area contributed by atoms with Crippen LogP contribution < -0.4 is 11.1 Å². The van der Waals surface area contributed by atoms with Gasteiger partial charge in [0, 0.05) is 104 Å². The fraction of sp³-hybridized carbons (Fsp3) is 0.547. The highest BCUT2D eigenvalue weighted by molar-refractivity contribution is 9.12. The molecule has 0 unspecified atom stereocenters. The van der Waals surface area contributed by atoms with Crippen molar-refractivity contribution in [2.75, 3.05) is 39.3 Å². The number of ether oxygens (including phenoxy) is 3. The van der Waals surface area contributed by atoms with Gasteiger partial charge in [-0.1, -0.05) is 17.2 Å². The SMILES string of the molecule is CC(=O)N1CCc2c(cc(Br)c(=O)n2C)C1.CC(C)(C)OC(=O)N1CCC2=C(C=C(Br)C(=O)C2)C1.CC(C)(C)OC(=O)N1CCC2=C(C=CC(=O)C2)C1.Cn1c2c(cc(Br)c1=O)CN(C(=O)OC(C)(C)C)CC2. The summed E-state index contributed by atoms with van der Waals surface area (Å²) in [6, 6.07) is 3.63. The molecule has 0 N–H and O–H groups in total. The third kappa shape index (κ3) is 16.5. The van der Waals surface area contributed by atoms with Crippen LogP contribution in [0.15, 0.2) is 75.7 Å². The van der Waals surface area contributed by atoms with Gasteiger partial charge < -0.3 is 42.9 Å². The highest BCUT2D eigenvalue weighted by Crippen LogP contribution is 2.32. The summed E-state index contributed by atoms with van der Waals surface area (Å²) in [5.41, 5.74) is 7.00. The number of halogens is 3. The molecule has 4 amide bonds. The number of nitrogens with zero attached hydrogens (tertiary/aromatic N) is 6. The second-order valence-electron chi connectivity index (χ2n) is 21.6. The zero-order valence-corrected chi connectivity index (χ0v) is 48.9. The molecule has 0 aromatic carbocycles. The Kier molecular flexibility index (Phi) is 19.4. The van der Waals surface area contributed by atoms with Crippen molar-refractivity contribution in [3.63, 3.8) is 0 Å². The Balaban J connectivity index is 0.000000181. The van der Waals surface area contributed by atoms with Crippen LogP contribution in [0, 0.1) is 0 Å². The topological polar surface area (TPSA) is 187 Å². The Hall–Kier alpha value is -5.08. The van der Waals surface area contributed by atoms with Gasteiger partial charge >= 0.3 is 18.3 Å². The zero-order chi connectivity index (χ0) is 54.5. The van der Waals surface area contributed by atoms with Crippen LogP contribution in [0.5, 0.6) is 0 Å². The molecule has 2 aromatic heterocycles. The van der Waals surface area contributed by atoms with Crippen LogP contribution in [0.3, 0.4) is 0 Å². The second kappa shape index (κ2) is 24.1. The molecule has 2 aromatic rings. The molecule has 0 fully saturated rings. The van der Waals surface area contributed by atoms with Gasteiger partial charge in [0.05, 0.1) is 20.0 Å². The van der Waals surface area contributed by atoms with Crippen LogP contribution in [-0.4, -0.2) is 121 Å². The lowest BCUT2D eigenvalue weighted by molar-refractivity contribution is -0.129. The van der Waals surface area contributed by atoms with Crippen LogP contribution in [0.1, 0.15) is 117 Å². The third-order valence-corrected chi connectivity index (χ3v) is 14.1. The minimum absolute atomic E-state index is 0.0185. The summed E-state index contributed by atoms with van der Waals surface area (Å²) in [6.45, 7) is 22.9. The first-order chi connectivity index (χ1) is 33.8. The van der Waals surface area contributed by atoms with Crippen molar-refractivity contribution >= 4 is 83.5 Å². The van der Waals surface area contributed by atoms with Gasteiger partial charge in [-0.2, -0.15) is 0 Å². The molecule has 0 atom stereocenters. The number of carbonyl (C=O) groups excluding carboxylic acids is 6. The van der Waals surface area contributed by atoms with Crippen molar-refractivity contribution in [1.29, 1.82) is 0 Å². The summed E-state index contributed by atoms with van der Waals surface area (Å²) < 4.78 is 21.1. The normalized spacial score (nSPS) is 17.5. The molecule has 0 saturated heterocycles. The maximum atomic E-state index is 12.1. The van der Waals surface area contributed by atoms with E-state index in [1.165, 1.54) is 5.57 Å². The van der Waals surface area contributed by atoms with E-state index < -0.39 is 16.8 Å². The number of ketones is 2. The average molecular weight is 1210 g/mol. The van der Waals surface area contributed by atoms with Crippen molar-refractivity contribution in [3.8, 4) is 0 Å². The molecule has 2 aliphatic carbocycles. The number of fused-ring (bicyclic) bond motifs is 2. The fourth-order valence-electron chi connectivity index (χ4n) is 8.64. The predicted molar refractivity (Wildman–Crippen MR) is 288 cm³/mol. The van der Waals surface area contributed by atoms with E-state index in [4.69, 9.17) is 14.2 Å². The highest BCUT2D eigenvalue weighted by Gasteiger charge is 2.32. The van der Waals surface area contributed by atoms with Crippen LogP contribution in [0.25, 0.3) is 0 Å². The molecule has 20 heteroatoms. The molecule has 0 radical (unpaired) electrons. The van der Waals surface area contributed by atoms with Gasteiger partial charge in [-0.3, -0.25) is 24.0 Å². The zero-order valence-electron chi connectivity index (χ0n) is 44.1. The number of pyridine rings is 2. The van der Waals surface area contributed by atoms with Crippen molar-refractivity contribution in [2.45, 2.75) is 138 Å². The number of carbonyl (C=O) groups is 6. The molecule has 398 valence electrons. The molecule has 0 spiro atoms. The van der Waals surface area contributed by atoms with Gasteiger partial charge in [0.2, 0.25) is 5.91 Å². The van der Waals surface area contributed by atoms with Crippen molar-refractivity contribution in [2.24, 2.45) is 14.1 Å². The lowest BCUT2D eigenvalue weighted by Crippen LogP contribution is -2.41. The molecule has 0 saturated carbocycles. The fourth-order valence-corrected chi connectivity index (χ4v) is 10.1. The largest absolute Gasteiger partial charge is 0.444 e. The van der Waals surface area contributed by atoms with Crippen molar-refractivity contribution in [3.05, 3.63) is 109 Å². The van der Waals surface area contributed by atoms with Crippen molar-refractivity contribution in [1.82, 2.24) is 28.7 Å². The van der Waals surface area contributed by atoms with Crippen LogP contribution in [0.2, 0.25) is 0 Å². The molecule has 6 heterocycles. The number of hydrogen-bond acceptors (Lipinski definition) is 11. The summed E-state index contributed by atoms with van der Waals surface area (Å²) in [6.07, 6.45) is 8.27. The third-order valence-electron chi connectivity index (χ3n) is 12.3. The van der Waals surface area contributed by atoms with Crippen molar-refractivity contribution < 1.29 is 43.0 Å². The van der Waals surface area contributed by atoms with Gasteiger partial charge in [-0.05, 0) is 170 Å². The quantitative estimate of drug-likeness (QED) is 0.229. The van der Waals surface area contributed by atoms with E-state index in [9.17, 15) is 38.4 Å². The number of rotatable bonds is 0. The minimum Gasteiger partial charge on any atom is -0.444 e. The number of Topliss-reactive ketones (excluding diaryl/α,β-unsaturated/α-hetero) is 1. The first-order valence-corrected chi connectivity index (χ1v) is 26.7. The van der Waals surface area contributed by atoms with E-state index in [0.29, 0.717) is 85.0 Å². The lowest BCUT2D eigenvalue weighted by atomic mass is 9.91. The Labute approximate surface area is 453 Å². The molecule has 4 aliphatic heterocycles. The molecule has 17 nitrogen and oxygen atoms in total. The smallest absolute Gasteiger partial charge is 0.410 e. The maximum Gasteiger partial charge on any atom is 0.410 e. The molecule has 6 aliphatic rings. The van der Waals surface area contributed by atoms with E-state index in [2.05, 4.69) is 47.8 Å². The number of allylic oxidation sites excluding steroid dienone is 2. The number of aromatic nitrogens is 2. The van der Waals surface area contributed by atoms with E-state index in [0.717, 1.165) is 58.5 Å². The Morgan fingerprint density at radius 2 is 0.904 bits per heavy atom. The summed E-state index contributed by atoms with van der Waals surface area (Å²) >= 11 is 9.77. The Morgan fingerprint density at radius 3 is 1.34 bits per heavy atom. The average Bonchev–Trinajstić information content (AvgIpc) is 3.28. The molecule has 73 heavy (non-hydrogen) atoms.